The average Bonchev–Trinajstić information content (AvgIpc) is 3.00. The Kier molecular flexibility index (Phi) is 5.64. The van der Waals surface area contributed by atoms with Crippen LogP contribution in [0.5, 0.6) is 0 Å². The van der Waals surface area contributed by atoms with Crippen molar-refractivity contribution in [1.82, 2.24) is 0 Å². The van der Waals surface area contributed by atoms with Gasteiger partial charge < -0.3 is 4.74 Å². The van der Waals surface area contributed by atoms with Crippen LogP contribution in [-0.2, 0) is 9.53 Å². The van der Waals surface area contributed by atoms with Gasteiger partial charge in [-0.25, -0.2) is 9.80 Å². The van der Waals surface area contributed by atoms with E-state index in [2.05, 4.69) is 38.1 Å². The first-order valence-corrected chi connectivity index (χ1v) is 9.61. The Balaban J connectivity index is 2.14. The van der Waals surface area contributed by atoms with Crippen molar-refractivity contribution in [3.63, 3.8) is 0 Å². The fourth-order valence-electron chi connectivity index (χ4n) is 3.83. The first-order valence-electron chi connectivity index (χ1n) is 9.61. The van der Waals surface area contributed by atoms with E-state index < -0.39 is 5.54 Å². The van der Waals surface area contributed by atoms with Crippen molar-refractivity contribution in [1.29, 1.82) is 0 Å². The van der Waals surface area contributed by atoms with Gasteiger partial charge in [0, 0.05) is 5.92 Å². The lowest BCUT2D eigenvalue weighted by Gasteiger charge is -2.36. The molecule has 0 bridgehead atoms. The maximum atomic E-state index is 13.0. The van der Waals surface area contributed by atoms with Gasteiger partial charge in [0.05, 0.1) is 18.5 Å². The fraction of sp³-hybridized carbons (Fsp3) is 0.391. The van der Waals surface area contributed by atoms with E-state index in [0.717, 1.165) is 36.2 Å². The molecule has 1 aliphatic rings. The molecule has 0 saturated carbocycles. The van der Waals surface area contributed by atoms with Crippen molar-refractivity contribution >= 4 is 17.4 Å². The van der Waals surface area contributed by atoms with Crippen molar-refractivity contribution in [2.45, 2.75) is 45.6 Å². The van der Waals surface area contributed by atoms with Gasteiger partial charge in [0.1, 0.15) is 0 Å². The Morgan fingerprint density at radius 1 is 1.15 bits per heavy atom. The van der Waals surface area contributed by atoms with Gasteiger partial charge in [0.15, 0.2) is 5.54 Å². The van der Waals surface area contributed by atoms with Crippen LogP contribution in [0.4, 0.5) is 5.69 Å². The zero-order chi connectivity index (χ0) is 19.4. The minimum absolute atomic E-state index is 0.0344. The molecule has 4 heteroatoms. The van der Waals surface area contributed by atoms with Gasteiger partial charge in [-0.15, -0.1) is 0 Å². The molecule has 2 atom stereocenters. The number of esters is 1. The Labute approximate surface area is 161 Å². The van der Waals surface area contributed by atoms with Crippen molar-refractivity contribution < 1.29 is 9.53 Å². The molecule has 2 aromatic carbocycles. The molecule has 142 valence electrons. The number of para-hydroxylation sites is 1. The molecule has 0 aromatic heterocycles. The number of carbonyl (C=O) groups is 1. The Morgan fingerprint density at radius 3 is 2.41 bits per heavy atom. The lowest BCUT2D eigenvalue weighted by molar-refractivity contribution is -0.147. The molecule has 0 fully saturated rings. The minimum Gasteiger partial charge on any atom is -0.467 e. The average molecular weight is 364 g/mol. The van der Waals surface area contributed by atoms with Crippen molar-refractivity contribution in [2.75, 3.05) is 12.1 Å². The van der Waals surface area contributed by atoms with Crippen LogP contribution in [0.1, 0.15) is 44.2 Å². The van der Waals surface area contributed by atoms with Gasteiger partial charge in [-0.2, -0.15) is 5.10 Å². The molecule has 0 spiro atoms. The van der Waals surface area contributed by atoms with Crippen molar-refractivity contribution in [2.24, 2.45) is 11.0 Å². The number of benzene rings is 2. The minimum atomic E-state index is -0.870. The van der Waals surface area contributed by atoms with Crippen LogP contribution < -0.4 is 5.01 Å². The summed E-state index contributed by atoms with van der Waals surface area (Å²) >= 11 is 0. The van der Waals surface area contributed by atoms with E-state index >= 15 is 0 Å². The molecule has 2 aromatic rings. The number of aryl methyl sites for hydroxylation is 1. The molecule has 3 rings (SSSR count). The summed E-state index contributed by atoms with van der Waals surface area (Å²) in [5.41, 5.74) is 3.26. The molecule has 1 heterocycles. The number of methoxy groups -OCH3 is 1. The summed E-state index contributed by atoms with van der Waals surface area (Å²) in [6.45, 7) is 6.20. The first-order chi connectivity index (χ1) is 13.0. The highest BCUT2D eigenvalue weighted by molar-refractivity contribution is 6.09. The summed E-state index contributed by atoms with van der Waals surface area (Å²) < 4.78 is 5.25. The van der Waals surface area contributed by atoms with E-state index in [1.165, 1.54) is 12.7 Å². The number of rotatable bonds is 6. The Hall–Kier alpha value is -2.62. The highest BCUT2D eigenvalue weighted by Crippen LogP contribution is 2.42. The number of ether oxygens (including phenoxy) is 1. The van der Waals surface area contributed by atoms with Crippen molar-refractivity contribution in [3.8, 4) is 0 Å². The molecular weight excluding hydrogens is 336 g/mol. The summed E-state index contributed by atoms with van der Waals surface area (Å²) in [5, 5.41) is 6.82. The van der Waals surface area contributed by atoms with Crippen LogP contribution in [0.2, 0.25) is 0 Å². The van der Waals surface area contributed by atoms with Crippen molar-refractivity contribution in [3.05, 3.63) is 65.7 Å². The Morgan fingerprint density at radius 2 is 1.81 bits per heavy atom. The second-order valence-corrected chi connectivity index (χ2v) is 7.33. The number of carbonyl (C=O) groups excluding carboxylic acids is 1. The largest absolute Gasteiger partial charge is 0.467 e. The van der Waals surface area contributed by atoms with E-state index in [0.29, 0.717) is 0 Å². The normalized spacial score (nSPS) is 21.9. The van der Waals surface area contributed by atoms with Crippen LogP contribution in [0.25, 0.3) is 0 Å². The predicted octanol–water partition coefficient (Wildman–Crippen LogP) is 4.96. The highest BCUT2D eigenvalue weighted by Gasteiger charge is 2.54. The number of unbranched alkanes of at least 4 members (excludes halogenated alkanes) is 1. The van der Waals surface area contributed by atoms with Gasteiger partial charge in [-0.3, -0.25) is 0 Å². The maximum absolute atomic E-state index is 13.0. The van der Waals surface area contributed by atoms with Gasteiger partial charge in [0.2, 0.25) is 0 Å². The Bertz CT molecular complexity index is 814. The molecule has 0 saturated heterocycles. The van der Waals surface area contributed by atoms with Gasteiger partial charge in [0.25, 0.3) is 0 Å². The zero-order valence-corrected chi connectivity index (χ0v) is 16.6. The summed E-state index contributed by atoms with van der Waals surface area (Å²) in [4.78, 5) is 13.0. The standard InChI is InChI=1S/C23H28N2O2/c1-5-6-12-20-21(18-15-13-17(2)14-16-18)24-25(19-10-8-7-9-11-19)23(20,3)22(26)27-4/h7-11,13-16,20H,5-6,12H2,1-4H3. The van der Waals surface area contributed by atoms with E-state index in [9.17, 15) is 4.79 Å². The third-order valence-electron chi connectivity index (χ3n) is 5.45. The maximum Gasteiger partial charge on any atom is 0.334 e. The molecule has 0 amide bonds. The molecule has 27 heavy (non-hydrogen) atoms. The first kappa shape index (κ1) is 19.2. The number of nitrogens with zero attached hydrogens (tertiary/aromatic N) is 2. The SMILES string of the molecule is CCCCC1C(c2ccc(C)cc2)=NN(c2ccccc2)C1(C)C(=O)OC. The molecule has 4 nitrogen and oxygen atoms in total. The fourth-order valence-corrected chi connectivity index (χ4v) is 3.83. The van der Waals surface area contributed by atoms with E-state index in [4.69, 9.17) is 9.84 Å². The molecule has 1 aliphatic heterocycles. The van der Waals surface area contributed by atoms with E-state index in [-0.39, 0.29) is 11.9 Å². The van der Waals surface area contributed by atoms with Gasteiger partial charge in [-0.05, 0) is 38.0 Å². The molecule has 0 radical (unpaired) electrons. The third-order valence-corrected chi connectivity index (χ3v) is 5.45. The monoisotopic (exact) mass is 364 g/mol. The van der Waals surface area contributed by atoms with E-state index in [1.54, 1.807) is 0 Å². The van der Waals surface area contributed by atoms with Crippen LogP contribution in [-0.4, -0.2) is 24.3 Å². The number of hydrazone groups is 1. The predicted molar refractivity (Wildman–Crippen MR) is 110 cm³/mol. The number of hydrogen-bond donors (Lipinski definition) is 0. The number of hydrogen-bond acceptors (Lipinski definition) is 4. The second kappa shape index (κ2) is 7.95. The molecule has 0 aliphatic carbocycles. The van der Waals surface area contributed by atoms with Crippen LogP contribution >= 0.6 is 0 Å². The van der Waals surface area contributed by atoms with Crippen LogP contribution in [0, 0.1) is 12.8 Å². The quantitative estimate of drug-likeness (QED) is 0.681. The van der Waals surface area contributed by atoms with Gasteiger partial charge >= 0.3 is 5.97 Å². The highest BCUT2D eigenvalue weighted by atomic mass is 16.5. The zero-order valence-electron chi connectivity index (χ0n) is 16.6. The smallest absolute Gasteiger partial charge is 0.334 e. The summed E-state index contributed by atoms with van der Waals surface area (Å²) in [6, 6.07) is 18.2. The lowest BCUT2D eigenvalue weighted by Crippen LogP contribution is -2.53. The molecule has 2 unspecified atom stereocenters. The summed E-state index contributed by atoms with van der Waals surface area (Å²) in [7, 11) is 1.46. The van der Waals surface area contributed by atoms with Gasteiger partial charge in [-0.1, -0.05) is 67.8 Å². The lowest BCUT2D eigenvalue weighted by atomic mass is 9.77. The summed E-state index contributed by atoms with van der Waals surface area (Å²) in [6.07, 6.45) is 2.99. The van der Waals surface area contributed by atoms with Crippen LogP contribution in [0.3, 0.4) is 0 Å². The molecular formula is C23H28N2O2. The number of anilines is 1. The summed E-state index contributed by atoms with van der Waals surface area (Å²) in [5.74, 6) is -0.286. The topological polar surface area (TPSA) is 41.9 Å². The van der Waals surface area contributed by atoms with Crippen LogP contribution in [0.15, 0.2) is 59.7 Å². The third kappa shape index (κ3) is 3.48. The van der Waals surface area contributed by atoms with E-state index in [1.807, 2.05) is 42.3 Å². The second-order valence-electron chi connectivity index (χ2n) is 7.33. The molecule has 0 N–H and O–H groups in total.